The molecule has 0 radical (unpaired) electrons. The molecule has 0 bridgehead atoms. The number of hydrogen-bond acceptors (Lipinski definition) is 3. The highest BCUT2D eigenvalue weighted by Gasteiger charge is 2.23. The number of ether oxygens (including phenoxy) is 1. The highest BCUT2D eigenvalue weighted by atomic mass is 16.5. The molecule has 2 rings (SSSR count). The maximum absolute atomic E-state index is 5.82. The van der Waals surface area contributed by atoms with Gasteiger partial charge in [-0.3, -0.25) is 0 Å². The second-order valence-electron chi connectivity index (χ2n) is 5.47. The summed E-state index contributed by atoms with van der Waals surface area (Å²) in [6, 6.07) is 8.71. The van der Waals surface area contributed by atoms with Crippen LogP contribution in [0.1, 0.15) is 32.8 Å². The van der Waals surface area contributed by atoms with Gasteiger partial charge in [-0.25, -0.2) is 0 Å². The van der Waals surface area contributed by atoms with Gasteiger partial charge in [-0.2, -0.15) is 0 Å². The van der Waals surface area contributed by atoms with Crippen molar-refractivity contribution in [1.82, 2.24) is 5.32 Å². The van der Waals surface area contributed by atoms with Gasteiger partial charge < -0.3 is 15.0 Å². The summed E-state index contributed by atoms with van der Waals surface area (Å²) in [5.74, 6) is 0. The molecule has 1 aliphatic heterocycles. The van der Waals surface area contributed by atoms with Crippen LogP contribution >= 0.6 is 0 Å². The zero-order valence-corrected chi connectivity index (χ0v) is 12.4. The Morgan fingerprint density at radius 1 is 1.21 bits per heavy atom. The molecule has 2 unspecified atom stereocenters. The molecule has 1 aromatic rings. The normalized spacial score (nSPS) is 23.6. The van der Waals surface area contributed by atoms with E-state index < -0.39 is 0 Å². The molecule has 0 aliphatic carbocycles. The molecule has 1 aromatic carbocycles. The molecule has 0 spiro atoms. The lowest BCUT2D eigenvalue weighted by Gasteiger charge is -2.37. The van der Waals surface area contributed by atoms with Gasteiger partial charge in [0.25, 0.3) is 0 Å². The van der Waals surface area contributed by atoms with Crippen LogP contribution in [0.5, 0.6) is 0 Å². The van der Waals surface area contributed by atoms with Crippen LogP contribution in [-0.4, -0.2) is 31.8 Å². The maximum atomic E-state index is 5.82. The summed E-state index contributed by atoms with van der Waals surface area (Å²) in [5.41, 5.74) is 2.74. The van der Waals surface area contributed by atoms with Crippen LogP contribution in [0.25, 0.3) is 0 Å². The van der Waals surface area contributed by atoms with Crippen molar-refractivity contribution in [2.24, 2.45) is 0 Å². The quantitative estimate of drug-likeness (QED) is 0.826. The van der Waals surface area contributed by atoms with E-state index in [9.17, 15) is 0 Å². The Morgan fingerprint density at radius 2 is 1.89 bits per heavy atom. The van der Waals surface area contributed by atoms with Crippen molar-refractivity contribution in [3.63, 3.8) is 0 Å². The minimum atomic E-state index is 0.306. The third kappa shape index (κ3) is 3.95. The van der Waals surface area contributed by atoms with E-state index in [-0.39, 0.29) is 0 Å². The topological polar surface area (TPSA) is 24.5 Å². The van der Waals surface area contributed by atoms with E-state index in [1.54, 1.807) is 0 Å². The van der Waals surface area contributed by atoms with Crippen LogP contribution < -0.4 is 10.2 Å². The molecule has 1 aliphatic rings. The molecule has 0 saturated carbocycles. The molecule has 0 aromatic heterocycles. The van der Waals surface area contributed by atoms with Crippen molar-refractivity contribution in [3.8, 4) is 0 Å². The van der Waals surface area contributed by atoms with Crippen LogP contribution in [0.3, 0.4) is 0 Å². The number of hydrogen-bond donors (Lipinski definition) is 1. The minimum absolute atomic E-state index is 0.306. The fraction of sp³-hybridized carbons (Fsp3) is 0.625. The number of benzene rings is 1. The number of rotatable bonds is 5. The van der Waals surface area contributed by atoms with E-state index in [0.29, 0.717) is 12.2 Å². The Balaban J connectivity index is 2.09. The summed E-state index contributed by atoms with van der Waals surface area (Å²) in [5, 5.41) is 3.50. The average Bonchev–Trinajstić information content (AvgIpc) is 2.38. The van der Waals surface area contributed by atoms with E-state index in [4.69, 9.17) is 4.74 Å². The monoisotopic (exact) mass is 262 g/mol. The third-order valence-corrected chi connectivity index (χ3v) is 3.49. The van der Waals surface area contributed by atoms with Gasteiger partial charge in [-0.15, -0.1) is 0 Å². The number of morpholine rings is 1. The zero-order chi connectivity index (χ0) is 13.7. The highest BCUT2D eigenvalue weighted by molar-refractivity contribution is 5.54. The summed E-state index contributed by atoms with van der Waals surface area (Å²) in [6.07, 6.45) is 1.79. The van der Waals surface area contributed by atoms with Crippen LogP contribution in [0.2, 0.25) is 0 Å². The lowest BCUT2D eigenvalue weighted by Crippen LogP contribution is -2.46. The van der Waals surface area contributed by atoms with E-state index in [1.807, 2.05) is 0 Å². The Hall–Kier alpha value is -1.06. The van der Waals surface area contributed by atoms with Gasteiger partial charge in [0.15, 0.2) is 0 Å². The van der Waals surface area contributed by atoms with Gasteiger partial charge >= 0.3 is 0 Å². The fourth-order valence-corrected chi connectivity index (χ4v) is 2.74. The fourth-order valence-electron chi connectivity index (χ4n) is 2.74. The van der Waals surface area contributed by atoms with Crippen LogP contribution in [0.15, 0.2) is 24.3 Å². The molecule has 1 saturated heterocycles. The van der Waals surface area contributed by atoms with Gasteiger partial charge in [-0.1, -0.05) is 25.1 Å². The minimum Gasteiger partial charge on any atom is -0.372 e. The van der Waals surface area contributed by atoms with Crippen LogP contribution in [-0.2, 0) is 11.3 Å². The highest BCUT2D eigenvalue weighted by Crippen LogP contribution is 2.24. The molecule has 2 atom stereocenters. The average molecular weight is 262 g/mol. The van der Waals surface area contributed by atoms with Gasteiger partial charge in [0, 0.05) is 25.3 Å². The smallest absolute Gasteiger partial charge is 0.0726 e. The van der Waals surface area contributed by atoms with Crippen LogP contribution in [0.4, 0.5) is 5.69 Å². The molecule has 19 heavy (non-hydrogen) atoms. The van der Waals surface area contributed by atoms with Crippen molar-refractivity contribution in [3.05, 3.63) is 29.8 Å². The Bertz CT molecular complexity index is 384. The molecular weight excluding hydrogens is 236 g/mol. The predicted molar refractivity (Wildman–Crippen MR) is 80.7 cm³/mol. The summed E-state index contributed by atoms with van der Waals surface area (Å²) >= 11 is 0. The lowest BCUT2D eigenvalue weighted by molar-refractivity contribution is -0.00526. The Kier molecular flexibility index (Phi) is 5.23. The second-order valence-corrected chi connectivity index (χ2v) is 5.47. The van der Waals surface area contributed by atoms with E-state index in [1.165, 1.54) is 17.7 Å². The predicted octanol–water partition coefficient (Wildman–Crippen LogP) is 2.80. The van der Waals surface area contributed by atoms with Crippen molar-refractivity contribution < 1.29 is 4.74 Å². The van der Waals surface area contributed by atoms with Gasteiger partial charge in [0.1, 0.15) is 0 Å². The molecule has 3 nitrogen and oxygen atoms in total. The van der Waals surface area contributed by atoms with Gasteiger partial charge in [0.2, 0.25) is 0 Å². The van der Waals surface area contributed by atoms with E-state index in [2.05, 4.69) is 55.3 Å². The summed E-state index contributed by atoms with van der Waals surface area (Å²) in [7, 11) is 0. The summed E-state index contributed by atoms with van der Waals surface area (Å²) in [6.45, 7) is 10.5. The summed E-state index contributed by atoms with van der Waals surface area (Å²) < 4.78 is 5.82. The SMILES string of the molecule is CCCNCc1ccccc1N1CC(C)OC(C)C1. The van der Waals surface area contributed by atoms with Crippen LogP contribution in [0, 0.1) is 0 Å². The third-order valence-electron chi connectivity index (χ3n) is 3.49. The first-order valence-corrected chi connectivity index (χ1v) is 7.39. The van der Waals surface area contributed by atoms with E-state index in [0.717, 1.165) is 26.2 Å². The van der Waals surface area contributed by atoms with Gasteiger partial charge in [-0.05, 0) is 38.4 Å². The number of para-hydroxylation sites is 1. The van der Waals surface area contributed by atoms with Crippen molar-refractivity contribution in [2.45, 2.75) is 45.9 Å². The van der Waals surface area contributed by atoms with Crippen molar-refractivity contribution in [2.75, 3.05) is 24.5 Å². The molecule has 0 amide bonds. The largest absolute Gasteiger partial charge is 0.372 e. The standard InChI is InChI=1S/C16H26N2O/c1-4-9-17-10-15-7-5-6-8-16(15)18-11-13(2)19-14(3)12-18/h5-8,13-14,17H,4,9-12H2,1-3H3. The number of nitrogens with one attached hydrogen (secondary N) is 1. The van der Waals surface area contributed by atoms with Crippen molar-refractivity contribution in [1.29, 1.82) is 0 Å². The Labute approximate surface area is 116 Å². The first-order chi connectivity index (χ1) is 9.20. The molecule has 1 fully saturated rings. The second kappa shape index (κ2) is 6.92. The molecule has 106 valence electrons. The Morgan fingerprint density at radius 3 is 2.58 bits per heavy atom. The number of nitrogens with zero attached hydrogens (tertiary/aromatic N) is 1. The molecular formula is C16H26N2O. The lowest BCUT2D eigenvalue weighted by atomic mass is 10.1. The molecule has 1 heterocycles. The molecule has 1 N–H and O–H groups in total. The van der Waals surface area contributed by atoms with E-state index >= 15 is 0 Å². The van der Waals surface area contributed by atoms with Gasteiger partial charge in [0.05, 0.1) is 12.2 Å². The number of anilines is 1. The zero-order valence-electron chi connectivity index (χ0n) is 12.4. The first-order valence-electron chi connectivity index (χ1n) is 7.39. The maximum Gasteiger partial charge on any atom is 0.0726 e. The summed E-state index contributed by atoms with van der Waals surface area (Å²) in [4.78, 5) is 2.46. The van der Waals surface area contributed by atoms with Crippen molar-refractivity contribution >= 4 is 5.69 Å². The first kappa shape index (κ1) is 14.4. The molecule has 3 heteroatoms.